The molecule has 0 bridgehead atoms. The van der Waals surface area contributed by atoms with Gasteiger partial charge >= 0.3 is 0 Å². The number of benzene rings is 1. The molecule has 0 aliphatic heterocycles. The number of hydrogen-bond acceptors (Lipinski definition) is 4. The summed E-state index contributed by atoms with van der Waals surface area (Å²) in [6.45, 7) is 2.60. The van der Waals surface area contributed by atoms with E-state index < -0.39 is 0 Å². The van der Waals surface area contributed by atoms with Gasteiger partial charge in [-0.3, -0.25) is 0 Å². The highest BCUT2D eigenvalue weighted by Crippen LogP contribution is 2.19. The lowest BCUT2D eigenvalue weighted by atomic mass is 10.1. The Hall–Kier alpha value is -2.54. The van der Waals surface area contributed by atoms with E-state index in [1.54, 1.807) is 19.4 Å². The summed E-state index contributed by atoms with van der Waals surface area (Å²) in [6, 6.07) is 11.6. The van der Waals surface area contributed by atoms with Gasteiger partial charge in [0.25, 0.3) is 0 Å². The van der Waals surface area contributed by atoms with Gasteiger partial charge in [0.15, 0.2) is 0 Å². The fraction of sp³-hybridized carbons (Fsp3) is 0.200. The molecule has 0 fully saturated rings. The van der Waals surface area contributed by atoms with E-state index in [9.17, 15) is 0 Å². The van der Waals surface area contributed by atoms with Gasteiger partial charge < -0.3 is 10.1 Å². The van der Waals surface area contributed by atoms with E-state index in [2.05, 4.69) is 16.4 Å². The van der Waals surface area contributed by atoms with Gasteiger partial charge in [-0.1, -0.05) is 6.07 Å². The molecule has 0 saturated heterocycles. The predicted octanol–water partition coefficient (Wildman–Crippen LogP) is 2.88. The van der Waals surface area contributed by atoms with Gasteiger partial charge in [-0.15, -0.1) is 0 Å². The second-order valence-electron chi connectivity index (χ2n) is 4.17. The van der Waals surface area contributed by atoms with Crippen LogP contribution in [0.4, 0.5) is 5.69 Å². The minimum atomic E-state index is 0.626. The van der Waals surface area contributed by atoms with Crippen molar-refractivity contribution in [2.24, 2.45) is 0 Å². The monoisotopic (exact) mass is 253 g/mol. The number of rotatable bonds is 4. The number of aromatic nitrogens is 1. The molecule has 2 rings (SSSR count). The van der Waals surface area contributed by atoms with Gasteiger partial charge in [0.2, 0.25) is 5.88 Å². The van der Waals surface area contributed by atoms with Crippen LogP contribution in [-0.2, 0) is 6.54 Å². The highest BCUT2D eigenvalue weighted by molar-refractivity contribution is 5.54. The van der Waals surface area contributed by atoms with Crippen molar-refractivity contribution in [2.45, 2.75) is 13.5 Å². The first kappa shape index (κ1) is 12.9. The molecule has 0 saturated carbocycles. The number of nitriles is 1. The van der Waals surface area contributed by atoms with Gasteiger partial charge in [0.05, 0.1) is 18.7 Å². The van der Waals surface area contributed by atoms with Crippen LogP contribution in [0.3, 0.4) is 0 Å². The third kappa shape index (κ3) is 3.02. The number of hydrogen-bond donors (Lipinski definition) is 1. The quantitative estimate of drug-likeness (QED) is 0.910. The standard InChI is InChI=1S/C15H15N3O/c1-11-8-12(9-16)5-6-14(11)18-10-13-4-3-7-17-15(13)19-2/h3-8,18H,10H2,1-2H3. The summed E-state index contributed by atoms with van der Waals surface area (Å²) in [5.74, 6) is 0.626. The minimum absolute atomic E-state index is 0.626. The molecule has 0 atom stereocenters. The number of ether oxygens (including phenoxy) is 1. The van der Waals surface area contributed by atoms with Crippen molar-refractivity contribution in [3.05, 3.63) is 53.2 Å². The Bertz CT molecular complexity index is 617. The Morgan fingerprint density at radius 1 is 1.37 bits per heavy atom. The van der Waals surface area contributed by atoms with Gasteiger partial charge in [-0.2, -0.15) is 5.26 Å². The second-order valence-corrected chi connectivity index (χ2v) is 4.17. The number of nitrogens with one attached hydrogen (secondary N) is 1. The number of anilines is 1. The zero-order valence-corrected chi connectivity index (χ0v) is 11.0. The summed E-state index contributed by atoms with van der Waals surface area (Å²) in [7, 11) is 1.61. The lowest BCUT2D eigenvalue weighted by Crippen LogP contribution is -2.04. The lowest BCUT2D eigenvalue weighted by molar-refractivity contribution is 0.393. The predicted molar refractivity (Wildman–Crippen MR) is 74.0 cm³/mol. The second kappa shape index (κ2) is 5.87. The maximum Gasteiger partial charge on any atom is 0.218 e. The van der Waals surface area contributed by atoms with Crippen molar-refractivity contribution in [1.82, 2.24) is 4.98 Å². The molecule has 1 heterocycles. The van der Waals surface area contributed by atoms with Crippen molar-refractivity contribution >= 4 is 5.69 Å². The van der Waals surface area contributed by atoms with Crippen LogP contribution in [-0.4, -0.2) is 12.1 Å². The minimum Gasteiger partial charge on any atom is -0.481 e. The average Bonchev–Trinajstić information content (AvgIpc) is 2.46. The van der Waals surface area contributed by atoms with Crippen LogP contribution in [0, 0.1) is 18.3 Å². The molecule has 2 aromatic rings. The van der Waals surface area contributed by atoms with E-state index in [4.69, 9.17) is 10.00 Å². The summed E-state index contributed by atoms with van der Waals surface area (Å²) in [6.07, 6.45) is 1.70. The number of methoxy groups -OCH3 is 1. The SMILES string of the molecule is COc1ncccc1CNc1ccc(C#N)cc1C. The molecule has 0 radical (unpaired) electrons. The van der Waals surface area contributed by atoms with Gasteiger partial charge in [0.1, 0.15) is 0 Å². The van der Waals surface area contributed by atoms with Crippen molar-refractivity contribution < 1.29 is 4.74 Å². The third-order valence-electron chi connectivity index (χ3n) is 2.87. The van der Waals surface area contributed by atoms with Crippen molar-refractivity contribution in [1.29, 1.82) is 5.26 Å². The zero-order chi connectivity index (χ0) is 13.7. The molecular weight excluding hydrogens is 238 g/mol. The molecule has 0 amide bonds. The summed E-state index contributed by atoms with van der Waals surface area (Å²) < 4.78 is 5.21. The molecule has 1 aromatic carbocycles. The first-order chi connectivity index (χ1) is 9.24. The normalized spacial score (nSPS) is 9.74. The molecule has 4 heteroatoms. The molecular formula is C15H15N3O. The Kier molecular flexibility index (Phi) is 3.99. The van der Waals surface area contributed by atoms with Gasteiger partial charge in [0, 0.05) is 24.0 Å². The molecule has 1 aromatic heterocycles. The molecule has 0 spiro atoms. The molecule has 0 aliphatic rings. The van der Waals surface area contributed by atoms with E-state index in [0.29, 0.717) is 18.0 Å². The summed E-state index contributed by atoms with van der Waals surface area (Å²) in [4.78, 5) is 4.15. The Morgan fingerprint density at radius 3 is 2.89 bits per heavy atom. The molecule has 1 N–H and O–H groups in total. The maximum atomic E-state index is 8.83. The van der Waals surface area contributed by atoms with Crippen molar-refractivity contribution in [3.8, 4) is 11.9 Å². The number of aryl methyl sites for hydroxylation is 1. The van der Waals surface area contributed by atoms with E-state index in [1.165, 1.54) is 0 Å². The van der Waals surface area contributed by atoms with Crippen molar-refractivity contribution in [2.75, 3.05) is 12.4 Å². The van der Waals surface area contributed by atoms with E-state index in [0.717, 1.165) is 16.8 Å². The van der Waals surface area contributed by atoms with Crippen LogP contribution in [0.15, 0.2) is 36.5 Å². The first-order valence-corrected chi connectivity index (χ1v) is 5.97. The maximum absolute atomic E-state index is 8.83. The Balaban J connectivity index is 2.13. The van der Waals surface area contributed by atoms with Crippen LogP contribution in [0.5, 0.6) is 5.88 Å². The third-order valence-corrected chi connectivity index (χ3v) is 2.87. The molecule has 4 nitrogen and oxygen atoms in total. The molecule has 96 valence electrons. The average molecular weight is 253 g/mol. The molecule has 0 aliphatic carbocycles. The van der Waals surface area contributed by atoms with Gasteiger partial charge in [-0.25, -0.2) is 4.98 Å². The first-order valence-electron chi connectivity index (χ1n) is 5.97. The topological polar surface area (TPSA) is 57.9 Å². The van der Waals surface area contributed by atoms with Crippen LogP contribution >= 0.6 is 0 Å². The highest BCUT2D eigenvalue weighted by Gasteiger charge is 2.04. The molecule has 19 heavy (non-hydrogen) atoms. The van der Waals surface area contributed by atoms with Crippen LogP contribution < -0.4 is 10.1 Å². The fourth-order valence-corrected chi connectivity index (χ4v) is 1.86. The molecule has 0 unspecified atom stereocenters. The van der Waals surface area contributed by atoms with Crippen LogP contribution in [0.2, 0.25) is 0 Å². The smallest absolute Gasteiger partial charge is 0.218 e. The Labute approximate surface area is 112 Å². The number of nitrogens with zero attached hydrogens (tertiary/aromatic N) is 2. The van der Waals surface area contributed by atoms with E-state index >= 15 is 0 Å². The highest BCUT2D eigenvalue weighted by atomic mass is 16.5. The van der Waals surface area contributed by atoms with Crippen LogP contribution in [0.25, 0.3) is 0 Å². The zero-order valence-electron chi connectivity index (χ0n) is 11.0. The summed E-state index contributed by atoms with van der Waals surface area (Å²) in [5.41, 5.74) is 3.71. The van der Waals surface area contributed by atoms with E-state index in [1.807, 2.05) is 31.2 Å². The Morgan fingerprint density at radius 2 is 2.21 bits per heavy atom. The largest absolute Gasteiger partial charge is 0.481 e. The number of pyridine rings is 1. The van der Waals surface area contributed by atoms with Crippen molar-refractivity contribution in [3.63, 3.8) is 0 Å². The van der Waals surface area contributed by atoms with Gasteiger partial charge in [-0.05, 0) is 36.8 Å². The lowest BCUT2D eigenvalue weighted by Gasteiger charge is -2.11. The fourth-order valence-electron chi connectivity index (χ4n) is 1.86. The van der Waals surface area contributed by atoms with Crippen LogP contribution in [0.1, 0.15) is 16.7 Å². The summed E-state index contributed by atoms with van der Waals surface area (Å²) in [5, 5.41) is 12.2. The van der Waals surface area contributed by atoms with E-state index in [-0.39, 0.29) is 0 Å². The summed E-state index contributed by atoms with van der Waals surface area (Å²) >= 11 is 0.